The van der Waals surface area contributed by atoms with Gasteiger partial charge in [-0.1, -0.05) is 30.3 Å². The third-order valence-electron chi connectivity index (χ3n) is 3.20. The van der Waals surface area contributed by atoms with Crippen molar-refractivity contribution < 1.29 is 4.74 Å². The van der Waals surface area contributed by atoms with Gasteiger partial charge in [0.2, 0.25) is 0 Å². The first kappa shape index (κ1) is 15.1. The molecule has 1 aromatic heterocycles. The predicted octanol–water partition coefficient (Wildman–Crippen LogP) is 1.16. The molecule has 0 saturated carbocycles. The third-order valence-corrected chi connectivity index (χ3v) is 3.20. The van der Waals surface area contributed by atoms with Gasteiger partial charge in [-0.05, 0) is 12.5 Å². The van der Waals surface area contributed by atoms with Crippen LogP contribution in [0.3, 0.4) is 0 Å². The summed E-state index contributed by atoms with van der Waals surface area (Å²) in [5, 5.41) is 2.87. The van der Waals surface area contributed by atoms with E-state index in [1.54, 1.807) is 7.05 Å². The molecule has 0 radical (unpaired) electrons. The van der Waals surface area contributed by atoms with Gasteiger partial charge < -0.3 is 10.1 Å². The number of ether oxygens (including phenoxy) is 1. The normalized spacial score (nSPS) is 10.6. The summed E-state index contributed by atoms with van der Waals surface area (Å²) < 4.78 is 6.78. The molecule has 0 saturated heterocycles. The molecular weight excluding hydrogens is 270 g/mol. The quantitative estimate of drug-likeness (QED) is 0.837. The van der Waals surface area contributed by atoms with Gasteiger partial charge >= 0.3 is 5.69 Å². The summed E-state index contributed by atoms with van der Waals surface area (Å²) >= 11 is 0. The number of aromatic amines is 1. The summed E-state index contributed by atoms with van der Waals surface area (Å²) in [4.78, 5) is 26.3. The maximum atomic E-state index is 12.0. The minimum Gasteiger partial charge on any atom is -0.382 e. The molecule has 0 aliphatic carbocycles. The van der Waals surface area contributed by atoms with Crippen LogP contribution in [0.4, 0.5) is 5.69 Å². The Morgan fingerprint density at radius 2 is 1.95 bits per heavy atom. The van der Waals surface area contributed by atoms with Crippen molar-refractivity contribution in [3.8, 4) is 0 Å². The molecular formula is C15H19N3O3. The number of anilines is 1. The fraction of sp³-hybridized carbons (Fsp3) is 0.333. The van der Waals surface area contributed by atoms with Gasteiger partial charge in [0.1, 0.15) is 12.4 Å². The Kier molecular flexibility index (Phi) is 4.94. The highest BCUT2D eigenvalue weighted by atomic mass is 16.5. The van der Waals surface area contributed by atoms with Gasteiger partial charge in [-0.3, -0.25) is 14.3 Å². The molecule has 2 rings (SSSR count). The summed E-state index contributed by atoms with van der Waals surface area (Å²) in [6.07, 6.45) is 0.475. The maximum absolute atomic E-state index is 12.0. The second-order valence-electron chi connectivity index (χ2n) is 4.54. The highest BCUT2D eigenvalue weighted by molar-refractivity contribution is 5.47. The summed E-state index contributed by atoms with van der Waals surface area (Å²) in [6, 6.07) is 9.68. The Bertz CT molecular complexity index is 704. The van der Waals surface area contributed by atoms with E-state index in [1.807, 2.05) is 37.3 Å². The van der Waals surface area contributed by atoms with Crippen molar-refractivity contribution in [2.75, 3.05) is 19.0 Å². The van der Waals surface area contributed by atoms with Crippen LogP contribution in [0.5, 0.6) is 0 Å². The number of rotatable bonds is 6. The molecule has 21 heavy (non-hydrogen) atoms. The number of nitrogens with one attached hydrogen (secondary N) is 2. The standard InChI is InChI=1S/C15H19N3O3/c1-3-21-10-18-12(9-11-7-5-4-6-8-11)13(16-2)14(19)17-15(18)20/h4-8,16H,3,9-10H2,1-2H3,(H,17,19,20). The van der Waals surface area contributed by atoms with Crippen LogP contribution in [-0.2, 0) is 17.9 Å². The zero-order valence-corrected chi connectivity index (χ0v) is 12.2. The maximum Gasteiger partial charge on any atom is 0.330 e. The van der Waals surface area contributed by atoms with Crippen molar-refractivity contribution in [3.05, 3.63) is 62.4 Å². The predicted molar refractivity (Wildman–Crippen MR) is 81.7 cm³/mol. The first-order valence-corrected chi connectivity index (χ1v) is 6.82. The van der Waals surface area contributed by atoms with E-state index in [9.17, 15) is 9.59 Å². The molecule has 0 spiro atoms. The van der Waals surface area contributed by atoms with Crippen LogP contribution in [0.1, 0.15) is 18.2 Å². The number of benzene rings is 1. The molecule has 0 aliphatic rings. The number of hydrogen-bond acceptors (Lipinski definition) is 4. The van der Waals surface area contributed by atoms with Crippen molar-refractivity contribution in [1.82, 2.24) is 9.55 Å². The van der Waals surface area contributed by atoms with E-state index in [2.05, 4.69) is 10.3 Å². The van der Waals surface area contributed by atoms with E-state index in [1.165, 1.54) is 4.57 Å². The van der Waals surface area contributed by atoms with Crippen LogP contribution in [0.25, 0.3) is 0 Å². The first-order valence-electron chi connectivity index (χ1n) is 6.82. The molecule has 6 heteroatoms. The van der Waals surface area contributed by atoms with E-state index < -0.39 is 11.2 Å². The molecule has 1 heterocycles. The Balaban J connectivity index is 2.53. The summed E-state index contributed by atoms with van der Waals surface area (Å²) in [5.41, 5.74) is 1.15. The molecule has 6 nitrogen and oxygen atoms in total. The third kappa shape index (κ3) is 3.41. The van der Waals surface area contributed by atoms with Crippen LogP contribution in [0.15, 0.2) is 39.9 Å². The molecule has 1 aromatic carbocycles. The zero-order valence-electron chi connectivity index (χ0n) is 12.2. The molecule has 0 atom stereocenters. The molecule has 0 bridgehead atoms. The van der Waals surface area contributed by atoms with Gasteiger partial charge in [-0.2, -0.15) is 0 Å². The number of nitrogens with zero attached hydrogens (tertiary/aromatic N) is 1. The Morgan fingerprint density at radius 3 is 2.57 bits per heavy atom. The number of hydrogen-bond donors (Lipinski definition) is 2. The number of H-pyrrole nitrogens is 1. The van der Waals surface area contributed by atoms with Gasteiger partial charge in [0.25, 0.3) is 5.56 Å². The van der Waals surface area contributed by atoms with Crippen molar-refractivity contribution >= 4 is 5.69 Å². The van der Waals surface area contributed by atoms with Crippen molar-refractivity contribution in [1.29, 1.82) is 0 Å². The van der Waals surface area contributed by atoms with E-state index >= 15 is 0 Å². The van der Waals surface area contributed by atoms with Crippen LogP contribution >= 0.6 is 0 Å². The van der Waals surface area contributed by atoms with E-state index in [4.69, 9.17) is 4.74 Å². The second kappa shape index (κ2) is 6.90. The molecule has 0 unspecified atom stereocenters. The van der Waals surface area contributed by atoms with Crippen LogP contribution < -0.4 is 16.6 Å². The lowest BCUT2D eigenvalue weighted by Gasteiger charge is -2.15. The largest absolute Gasteiger partial charge is 0.382 e. The second-order valence-corrected chi connectivity index (χ2v) is 4.54. The lowest BCUT2D eigenvalue weighted by Crippen LogP contribution is -2.35. The Labute approximate surface area is 122 Å². The summed E-state index contributed by atoms with van der Waals surface area (Å²) in [5.74, 6) is 0. The minimum absolute atomic E-state index is 0.114. The molecule has 0 fully saturated rings. The van der Waals surface area contributed by atoms with Crippen LogP contribution in [0.2, 0.25) is 0 Å². The fourth-order valence-electron chi connectivity index (χ4n) is 2.17. The summed E-state index contributed by atoms with van der Waals surface area (Å²) in [6.45, 7) is 2.46. The van der Waals surface area contributed by atoms with E-state index in [-0.39, 0.29) is 6.73 Å². The molecule has 0 aliphatic heterocycles. The zero-order chi connectivity index (χ0) is 15.2. The smallest absolute Gasteiger partial charge is 0.330 e. The Morgan fingerprint density at radius 1 is 1.24 bits per heavy atom. The Hall–Kier alpha value is -2.34. The van der Waals surface area contributed by atoms with Gasteiger partial charge in [-0.15, -0.1) is 0 Å². The van der Waals surface area contributed by atoms with Crippen LogP contribution in [0, 0.1) is 0 Å². The topological polar surface area (TPSA) is 76.1 Å². The molecule has 2 aromatic rings. The lowest BCUT2D eigenvalue weighted by atomic mass is 10.1. The van der Waals surface area contributed by atoms with Gasteiger partial charge in [0, 0.05) is 20.1 Å². The van der Waals surface area contributed by atoms with Crippen molar-refractivity contribution in [3.63, 3.8) is 0 Å². The van der Waals surface area contributed by atoms with Crippen molar-refractivity contribution in [2.45, 2.75) is 20.1 Å². The molecule has 2 N–H and O–H groups in total. The molecule has 112 valence electrons. The summed E-state index contributed by atoms with van der Waals surface area (Å²) in [7, 11) is 1.66. The van der Waals surface area contributed by atoms with E-state index in [0.717, 1.165) is 5.56 Å². The van der Waals surface area contributed by atoms with Gasteiger partial charge in [0.05, 0.1) is 5.69 Å². The minimum atomic E-state index is -0.460. The fourth-order valence-corrected chi connectivity index (χ4v) is 2.17. The average Bonchev–Trinajstić information content (AvgIpc) is 2.48. The molecule has 0 amide bonds. The van der Waals surface area contributed by atoms with Gasteiger partial charge in [-0.25, -0.2) is 4.79 Å². The first-order chi connectivity index (χ1) is 10.2. The van der Waals surface area contributed by atoms with Crippen LogP contribution in [-0.4, -0.2) is 23.2 Å². The monoisotopic (exact) mass is 289 g/mol. The lowest BCUT2D eigenvalue weighted by molar-refractivity contribution is 0.0826. The van der Waals surface area contributed by atoms with Gasteiger partial charge in [0.15, 0.2) is 0 Å². The SMILES string of the molecule is CCOCn1c(Cc2ccccc2)c(NC)c(=O)[nH]c1=O. The number of aromatic nitrogens is 2. The average molecular weight is 289 g/mol. The van der Waals surface area contributed by atoms with Crippen molar-refractivity contribution in [2.24, 2.45) is 0 Å². The van der Waals surface area contributed by atoms with E-state index in [0.29, 0.717) is 24.4 Å². The highest BCUT2D eigenvalue weighted by Crippen LogP contribution is 2.14. The highest BCUT2D eigenvalue weighted by Gasteiger charge is 2.14.